The van der Waals surface area contributed by atoms with E-state index >= 15 is 0 Å². The van der Waals surface area contributed by atoms with Crippen LogP contribution in [0, 0.1) is 6.92 Å². The van der Waals surface area contributed by atoms with E-state index in [4.69, 9.17) is 24.9 Å². The molecule has 63 heavy (non-hydrogen) atoms. The molecule has 2 aliphatic heterocycles. The molecule has 2 atom stereocenters. The molecule has 7 heterocycles. The second-order valence-electron chi connectivity index (χ2n) is 15.7. The van der Waals surface area contributed by atoms with Gasteiger partial charge in [-0.2, -0.15) is 18.3 Å². The minimum absolute atomic E-state index is 0.158. The molecule has 2 aliphatic rings. The molecule has 0 bridgehead atoms. The zero-order valence-corrected chi connectivity index (χ0v) is 35.9. The monoisotopic (exact) mass is 875 g/mol. The lowest BCUT2D eigenvalue weighted by molar-refractivity contribution is -0.138. The predicted octanol–water partition coefficient (Wildman–Crippen LogP) is 7.78. The molecular formula is C45H48F3N13OS. The Hall–Kier alpha value is -6.21. The van der Waals surface area contributed by atoms with E-state index in [-0.39, 0.29) is 5.56 Å². The molecule has 7 aromatic rings. The van der Waals surface area contributed by atoms with Gasteiger partial charge >= 0.3 is 6.18 Å². The smallest absolute Gasteiger partial charge is 0.378 e. The average Bonchev–Trinajstić information content (AvgIpc) is 3.80. The number of hydrogen-bond donors (Lipinski definition) is 5. The summed E-state index contributed by atoms with van der Waals surface area (Å²) < 4.78 is 47.5. The van der Waals surface area contributed by atoms with Crippen molar-refractivity contribution in [2.45, 2.75) is 38.8 Å². The molecule has 9 rings (SSSR count). The van der Waals surface area contributed by atoms with Crippen LogP contribution in [0.4, 0.5) is 42.3 Å². The summed E-state index contributed by atoms with van der Waals surface area (Å²) in [5, 5.41) is 41.1. The summed E-state index contributed by atoms with van der Waals surface area (Å²) in [5.74, 6) is 3.01. The van der Waals surface area contributed by atoms with Crippen LogP contribution < -0.4 is 36.4 Å². The van der Waals surface area contributed by atoms with Gasteiger partial charge in [-0.3, -0.25) is 0 Å². The molecule has 14 nitrogen and oxygen atoms in total. The molecule has 2 aromatic carbocycles. The van der Waals surface area contributed by atoms with E-state index in [0.717, 1.165) is 83.7 Å². The van der Waals surface area contributed by atoms with Gasteiger partial charge in [0.05, 0.1) is 31.0 Å². The Bertz CT molecular complexity index is 2720. The fourth-order valence-corrected chi connectivity index (χ4v) is 9.22. The number of morpholine rings is 1. The van der Waals surface area contributed by atoms with E-state index < -0.39 is 23.9 Å². The number of piperazine rings is 1. The van der Waals surface area contributed by atoms with Crippen molar-refractivity contribution in [3.8, 4) is 11.1 Å². The van der Waals surface area contributed by atoms with E-state index in [2.05, 4.69) is 70.2 Å². The number of benzene rings is 2. The number of aromatic nitrogens is 6. The number of ether oxygens (including phenoxy) is 1. The molecule has 2 fully saturated rings. The summed E-state index contributed by atoms with van der Waals surface area (Å²) in [6.07, 6.45) is 0.245. The van der Waals surface area contributed by atoms with Crippen LogP contribution in [-0.4, -0.2) is 89.9 Å². The molecule has 2 saturated heterocycles. The van der Waals surface area contributed by atoms with Crippen molar-refractivity contribution in [3.63, 3.8) is 0 Å². The Morgan fingerprint density at radius 1 is 0.794 bits per heavy atom. The summed E-state index contributed by atoms with van der Waals surface area (Å²) >= 11 is 1.59. The maximum Gasteiger partial charge on any atom is 0.416 e. The molecule has 0 saturated carbocycles. The summed E-state index contributed by atoms with van der Waals surface area (Å²) in [5.41, 5.74) is 3.36. The highest BCUT2D eigenvalue weighted by atomic mass is 32.1. The lowest BCUT2D eigenvalue weighted by Gasteiger charge is -2.29. The van der Waals surface area contributed by atoms with Crippen LogP contribution in [0.3, 0.4) is 0 Å². The van der Waals surface area contributed by atoms with Gasteiger partial charge in [-0.15, -0.1) is 26.6 Å². The molecule has 0 unspecified atom stereocenters. The maximum atomic E-state index is 14.0. The van der Waals surface area contributed by atoms with Gasteiger partial charge in [-0.1, -0.05) is 36.4 Å². The zero-order valence-electron chi connectivity index (χ0n) is 35.1. The molecule has 0 amide bonds. The normalized spacial score (nSPS) is 15.7. The summed E-state index contributed by atoms with van der Waals surface area (Å²) in [4.78, 5) is 15.0. The first-order valence-corrected chi connectivity index (χ1v) is 21.9. The molecule has 0 radical (unpaired) electrons. The number of hydrogen-bond acceptors (Lipinski definition) is 15. The first-order valence-electron chi connectivity index (χ1n) is 21.0. The maximum absolute atomic E-state index is 14.0. The van der Waals surface area contributed by atoms with Crippen LogP contribution >= 0.6 is 11.3 Å². The number of anilines is 5. The topological polar surface area (TPSA) is 153 Å². The Labute approximate surface area is 366 Å². The quantitative estimate of drug-likeness (QED) is 0.0717. The number of fused-ring (bicyclic) bond motifs is 2. The van der Waals surface area contributed by atoms with Gasteiger partial charge in [0.1, 0.15) is 17.8 Å². The van der Waals surface area contributed by atoms with Crippen molar-refractivity contribution in [2.75, 3.05) is 85.3 Å². The van der Waals surface area contributed by atoms with Crippen LogP contribution in [-0.2, 0) is 17.5 Å². The van der Waals surface area contributed by atoms with Crippen molar-refractivity contribution in [1.29, 1.82) is 0 Å². The molecule has 5 N–H and O–H groups in total. The summed E-state index contributed by atoms with van der Waals surface area (Å²) in [7, 11) is 1.94. The van der Waals surface area contributed by atoms with Gasteiger partial charge in [0.15, 0.2) is 17.5 Å². The van der Waals surface area contributed by atoms with E-state index in [0.29, 0.717) is 53.5 Å². The van der Waals surface area contributed by atoms with Crippen LogP contribution in [0.2, 0.25) is 0 Å². The highest BCUT2D eigenvalue weighted by molar-refractivity contribution is 7.10. The Morgan fingerprint density at radius 2 is 1.49 bits per heavy atom. The lowest BCUT2D eigenvalue weighted by atomic mass is 9.97. The molecule has 5 aromatic heterocycles. The minimum Gasteiger partial charge on any atom is -0.378 e. The molecule has 0 aliphatic carbocycles. The Morgan fingerprint density at radius 3 is 2.25 bits per heavy atom. The van der Waals surface area contributed by atoms with E-state index in [1.807, 2.05) is 44.4 Å². The zero-order chi connectivity index (χ0) is 43.5. The van der Waals surface area contributed by atoms with Crippen LogP contribution in [0.1, 0.15) is 46.3 Å². The SMILES string of the molecule is CNCc1ccccc1-c1csc([C@H](Nc2nncc3cnc(N4CCOCC4)cc23)Nc2nnc(N[C@H](C)c3cccc(C(F)(F)F)c3C)c3cc(N4CCNCC4)ncc23)c1. The lowest BCUT2D eigenvalue weighted by Crippen LogP contribution is -2.43. The fourth-order valence-electron chi connectivity index (χ4n) is 8.31. The minimum atomic E-state index is -4.48. The van der Waals surface area contributed by atoms with Crippen molar-refractivity contribution < 1.29 is 17.9 Å². The Kier molecular flexibility index (Phi) is 12.2. The summed E-state index contributed by atoms with van der Waals surface area (Å²) in [6.45, 7) is 9.92. The predicted molar refractivity (Wildman–Crippen MR) is 244 cm³/mol. The third-order valence-corrected chi connectivity index (χ3v) is 12.6. The largest absolute Gasteiger partial charge is 0.416 e. The first kappa shape index (κ1) is 42.1. The number of rotatable bonds is 13. The second kappa shape index (κ2) is 18.3. The van der Waals surface area contributed by atoms with Gasteiger partial charge in [-0.25, -0.2) is 9.97 Å². The number of nitrogens with one attached hydrogen (secondary N) is 5. The highest BCUT2D eigenvalue weighted by Crippen LogP contribution is 2.39. The third kappa shape index (κ3) is 9.02. The van der Waals surface area contributed by atoms with E-state index in [1.54, 1.807) is 29.8 Å². The average molecular weight is 876 g/mol. The molecule has 326 valence electrons. The Balaban J connectivity index is 1.13. The first-order chi connectivity index (χ1) is 30.6. The van der Waals surface area contributed by atoms with Crippen LogP contribution in [0.25, 0.3) is 32.7 Å². The number of halogens is 3. The van der Waals surface area contributed by atoms with E-state index in [1.165, 1.54) is 18.6 Å². The number of thiophene rings is 1. The number of pyridine rings is 2. The van der Waals surface area contributed by atoms with Gasteiger partial charge in [-0.05, 0) is 78.4 Å². The van der Waals surface area contributed by atoms with Crippen LogP contribution in [0.15, 0.2) is 84.6 Å². The van der Waals surface area contributed by atoms with Crippen molar-refractivity contribution >= 4 is 62.0 Å². The molecule has 0 spiro atoms. The number of nitrogens with zero attached hydrogens (tertiary/aromatic N) is 8. The molecular weight excluding hydrogens is 828 g/mol. The highest BCUT2D eigenvalue weighted by Gasteiger charge is 2.33. The number of alkyl halides is 3. The molecule has 18 heteroatoms. The summed E-state index contributed by atoms with van der Waals surface area (Å²) in [6, 6.07) is 18.2. The fraction of sp³-hybridized carbons (Fsp3) is 0.333. The van der Waals surface area contributed by atoms with Crippen LogP contribution in [0.5, 0.6) is 0 Å². The van der Waals surface area contributed by atoms with Gasteiger partial charge in [0.25, 0.3) is 0 Å². The van der Waals surface area contributed by atoms with Crippen molar-refractivity contribution in [2.24, 2.45) is 0 Å². The second-order valence-corrected chi connectivity index (χ2v) is 16.6. The van der Waals surface area contributed by atoms with Gasteiger partial charge in [0, 0.05) is 84.6 Å². The van der Waals surface area contributed by atoms with Crippen molar-refractivity contribution in [3.05, 3.63) is 112 Å². The standard InChI is InChI=1S/C45H48F3N13OS/c1-27-32(9-6-10-37(27)45(46,47)48)28(2)54-42-35-21-40(60-13-11-50-12-14-60)52-25-36(35)43(59-58-42)56-44(38-19-30(26-63-38)33-8-5-4-7-29(33)22-49-3)55-41-34-20-39(61-15-17-62-18-16-61)51-23-31(34)24-53-57-41/h4-10,19-21,23-26,28,44,49-50H,11-18,22H2,1-3H3,(H,54,58)(H,55,57)(H,56,59)/t28-,44-/m1/s1. The third-order valence-electron chi connectivity index (χ3n) is 11.6. The van der Waals surface area contributed by atoms with Gasteiger partial charge < -0.3 is 41.1 Å². The van der Waals surface area contributed by atoms with E-state index in [9.17, 15) is 13.2 Å². The van der Waals surface area contributed by atoms with Crippen molar-refractivity contribution in [1.82, 2.24) is 41.0 Å². The van der Waals surface area contributed by atoms with Gasteiger partial charge in [0.2, 0.25) is 0 Å².